The van der Waals surface area contributed by atoms with Crippen LogP contribution in [0, 0.1) is 0 Å². The smallest absolute Gasteiger partial charge is 0.200 e. The molecule has 0 saturated heterocycles. The molecule has 0 fully saturated rings. The maximum atomic E-state index is 10.3. The van der Waals surface area contributed by atoms with Gasteiger partial charge in [-0.2, -0.15) is 0 Å². The molecule has 136 valence electrons. The third-order valence-corrected chi connectivity index (χ3v) is 4.36. The van der Waals surface area contributed by atoms with Crippen LogP contribution in [-0.4, -0.2) is 25.8 Å². The molecule has 6 N–H and O–H groups in total. The average Bonchev–Trinajstić information content (AvgIpc) is 3.27. The first-order valence-electron chi connectivity index (χ1n) is 8.58. The topological polar surface area (TPSA) is 115 Å². The Kier molecular flexibility index (Phi) is 4.25. The molecule has 0 atom stereocenters. The highest BCUT2D eigenvalue weighted by Crippen LogP contribution is 2.30. The number of aromatic hydroxyl groups is 1. The molecular formula is C20H20N6O. The summed E-state index contributed by atoms with van der Waals surface area (Å²) >= 11 is 0. The summed E-state index contributed by atoms with van der Waals surface area (Å²) in [6.07, 6.45) is 3.48. The number of nitrogen functional groups attached to an aromatic ring is 1. The highest BCUT2D eigenvalue weighted by molar-refractivity contribution is 6.13. The fraction of sp³-hybridized carbons (Fsp3) is 0.100. The van der Waals surface area contributed by atoms with E-state index in [1.54, 1.807) is 18.5 Å². The van der Waals surface area contributed by atoms with E-state index < -0.39 is 0 Å². The van der Waals surface area contributed by atoms with Gasteiger partial charge in [-0.1, -0.05) is 12.1 Å². The monoisotopic (exact) mass is 360 g/mol. The Morgan fingerprint density at radius 3 is 2.78 bits per heavy atom. The average molecular weight is 360 g/mol. The number of nitrogens with two attached hydrogens (primary N) is 1. The van der Waals surface area contributed by atoms with Crippen molar-refractivity contribution in [2.24, 2.45) is 4.99 Å². The summed E-state index contributed by atoms with van der Waals surface area (Å²) in [5.74, 6) is 0.832. The van der Waals surface area contributed by atoms with Crippen LogP contribution in [0.1, 0.15) is 18.1 Å². The third-order valence-electron chi connectivity index (χ3n) is 4.36. The zero-order valence-electron chi connectivity index (χ0n) is 14.8. The number of benzene rings is 2. The SMILES string of the molecule is CC(=Nc1ccc(CNc2ncc[nH]2)cc1)c1c(O)[nH]c2ccc(N)cc12. The quantitative estimate of drug-likeness (QED) is 0.274. The summed E-state index contributed by atoms with van der Waals surface area (Å²) in [6, 6.07) is 13.4. The van der Waals surface area contributed by atoms with Crippen LogP contribution in [0.15, 0.2) is 59.9 Å². The van der Waals surface area contributed by atoms with E-state index in [1.165, 1.54) is 0 Å². The van der Waals surface area contributed by atoms with Gasteiger partial charge in [-0.05, 0) is 42.8 Å². The molecule has 0 aliphatic rings. The number of aromatic amines is 2. The lowest BCUT2D eigenvalue weighted by Gasteiger charge is -2.05. The van der Waals surface area contributed by atoms with Gasteiger partial charge in [-0.3, -0.25) is 4.99 Å². The molecule has 2 aromatic carbocycles. The molecule has 2 heterocycles. The first-order chi connectivity index (χ1) is 13.1. The number of anilines is 2. The minimum absolute atomic E-state index is 0.0936. The fourth-order valence-electron chi connectivity index (χ4n) is 3.05. The predicted octanol–water partition coefficient (Wildman–Crippen LogP) is 3.93. The van der Waals surface area contributed by atoms with Gasteiger partial charge >= 0.3 is 0 Å². The number of fused-ring (bicyclic) bond motifs is 1. The minimum Gasteiger partial charge on any atom is -0.494 e. The van der Waals surface area contributed by atoms with Crippen LogP contribution in [0.2, 0.25) is 0 Å². The second-order valence-corrected chi connectivity index (χ2v) is 6.31. The van der Waals surface area contributed by atoms with Gasteiger partial charge in [0.25, 0.3) is 0 Å². The van der Waals surface area contributed by atoms with Crippen molar-refractivity contribution in [3.63, 3.8) is 0 Å². The molecule has 0 unspecified atom stereocenters. The summed E-state index contributed by atoms with van der Waals surface area (Å²) in [7, 11) is 0. The zero-order valence-corrected chi connectivity index (χ0v) is 14.8. The summed E-state index contributed by atoms with van der Waals surface area (Å²) in [5, 5.41) is 14.3. The normalized spacial score (nSPS) is 11.8. The molecule has 0 spiro atoms. The van der Waals surface area contributed by atoms with Gasteiger partial charge in [-0.25, -0.2) is 4.98 Å². The Labute approximate surface area is 156 Å². The van der Waals surface area contributed by atoms with Gasteiger partial charge in [0.2, 0.25) is 0 Å². The highest BCUT2D eigenvalue weighted by Gasteiger charge is 2.13. The lowest BCUT2D eigenvalue weighted by molar-refractivity contribution is 0.457. The van der Waals surface area contributed by atoms with Gasteiger partial charge in [0, 0.05) is 35.5 Å². The molecule has 7 heteroatoms. The molecule has 0 bridgehead atoms. The van der Waals surface area contributed by atoms with Crippen LogP contribution in [0.4, 0.5) is 17.3 Å². The Hall–Kier alpha value is -3.74. The largest absolute Gasteiger partial charge is 0.494 e. The van der Waals surface area contributed by atoms with Crippen molar-refractivity contribution >= 4 is 33.9 Å². The van der Waals surface area contributed by atoms with E-state index in [0.29, 0.717) is 23.5 Å². The number of hydrogen-bond donors (Lipinski definition) is 5. The second kappa shape index (κ2) is 6.87. The number of nitrogens with one attached hydrogen (secondary N) is 3. The van der Waals surface area contributed by atoms with Gasteiger partial charge in [0.05, 0.1) is 17.0 Å². The number of rotatable bonds is 5. The van der Waals surface area contributed by atoms with Crippen LogP contribution in [-0.2, 0) is 6.54 Å². The molecule has 0 saturated carbocycles. The summed E-state index contributed by atoms with van der Waals surface area (Å²) in [6.45, 7) is 2.54. The Morgan fingerprint density at radius 1 is 1.22 bits per heavy atom. The summed E-state index contributed by atoms with van der Waals surface area (Å²) < 4.78 is 0. The molecule has 7 nitrogen and oxygen atoms in total. The number of hydrogen-bond acceptors (Lipinski definition) is 5. The molecule has 0 amide bonds. The summed E-state index contributed by atoms with van der Waals surface area (Å²) in [5.41, 5.74) is 10.7. The second-order valence-electron chi connectivity index (χ2n) is 6.31. The first-order valence-corrected chi connectivity index (χ1v) is 8.58. The van der Waals surface area contributed by atoms with Crippen LogP contribution in [0.3, 0.4) is 0 Å². The standard InChI is InChI=1S/C20H20N6O/c1-12(18-16-10-14(21)4-7-17(16)26-19(18)27)25-15-5-2-13(3-6-15)11-24-20-22-8-9-23-20/h2-10,26-27H,11,21H2,1H3,(H2,22,23,24). The number of aromatic nitrogens is 3. The van der Waals surface area contributed by atoms with Crippen molar-refractivity contribution < 1.29 is 5.11 Å². The van der Waals surface area contributed by atoms with Crippen molar-refractivity contribution in [3.8, 4) is 5.88 Å². The van der Waals surface area contributed by atoms with Crippen molar-refractivity contribution in [2.75, 3.05) is 11.1 Å². The van der Waals surface area contributed by atoms with Crippen molar-refractivity contribution in [3.05, 3.63) is 66.0 Å². The lowest BCUT2D eigenvalue weighted by atomic mass is 10.1. The molecule has 27 heavy (non-hydrogen) atoms. The Morgan fingerprint density at radius 2 is 2.04 bits per heavy atom. The van der Waals surface area contributed by atoms with Gasteiger partial charge in [0.1, 0.15) is 0 Å². The first kappa shape index (κ1) is 16.7. The number of aliphatic imine (C=N–C) groups is 1. The van der Waals surface area contributed by atoms with E-state index in [9.17, 15) is 5.11 Å². The van der Waals surface area contributed by atoms with Crippen LogP contribution in [0.25, 0.3) is 10.9 Å². The molecule has 0 aliphatic carbocycles. The fourth-order valence-corrected chi connectivity index (χ4v) is 3.05. The highest BCUT2D eigenvalue weighted by atomic mass is 16.3. The number of imidazole rings is 1. The van der Waals surface area contributed by atoms with E-state index >= 15 is 0 Å². The molecule has 0 aliphatic heterocycles. The van der Waals surface area contributed by atoms with Gasteiger partial charge in [0.15, 0.2) is 11.8 Å². The van der Waals surface area contributed by atoms with Crippen LogP contribution in [0.5, 0.6) is 5.88 Å². The Balaban J connectivity index is 1.56. The maximum absolute atomic E-state index is 10.3. The van der Waals surface area contributed by atoms with Gasteiger partial charge < -0.3 is 26.1 Å². The van der Waals surface area contributed by atoms with E-state index in [2.05, 4.69) is 25.3 Å². The van der Waals surface area contributed by atoms with Crippen LogP contribution >= 0.6 is 0 Å². The van der Waals surface area contributed by atoms with E-state index in [1.807, 2.05) is 43.3 Å². The van der Waals surface area contributed by atoms with Crippen molar-refractivity contribution in [1.82, 2.24) is 15.0 Å². The minimum atomic E-state index is 0.0936. The van der Waals surface area contributed by atoms with Crippen molar-refractivity contribution in [1.29, 1.82) is 0 Å². The third kappa shape index (κ3) is 3.48. The Bertz CT molecular complexity index is 1090. The molecule has 0 radical (unpaired) electrons. The molecular weight excluding hydrogens is 340 g/mol. The predicted molar refractivity (Wildman–Crippen MR) is 109 cm³/mol. The maximum Gasteiger partial charge on any atom is 0.200 e. The van der Waals surface area contributed by atoms with Crippen molar-refractivity contribution in [2.45, 2.75) is 13.5 Å². The summed E-state index contributed by atoms with van der Waals surface area (Å²) in [4.78, 5) is 14.7. The molecule has 2 aromatic heterocycles. The van der Waals surface area contributed by atoms with E-state index in [4.69, 9.17) is 5.73 Å². The van der Waals surface area contributed by atoms with Gasteiger partial charge in [-0.15, -0.1) is 0 Å². The van der Waals surface area contributed by atoms with E-state index in [0.717, 1.165) is 28.1 Å². The number of nitrogens with zero attached hydrogens (tertiary/aromatic N) is 2. The molecule has 4 rings (SSSR count). The van der Waals surface area contributed by atoms with E-state index in [-0.39, 0.29) is 5.88 Å². The lowest BCUT2D eigenvalue weighted by Crippen LogP contribution is -2.00. The zero-order chi connectivity index (χ0) is 18.8. The molecule has 4 aromatic rings. The van der Waals surface area contributed by atoms with Crippen LogP contribution < -0.4 is 11.1 Å². The number of H-pyrrole nitrogens is 2.